The smallest absolute Gasteiger partial charge is 0.310 e. The maximum atomic E-state index is 10.9. The van der Waals surface area contributed by atoms with Crippen molar-refractivity contribution in [2.75, 3.05) is 13.7 Å². The third kappa shape index (κ3) is 1.93. The minimum atomic E-state index is -0.857. The van der Waals surface area contributed by atoms with Crippen LogP contribution in [0.4, 0.5) is 0 Å². The molecule has 0 unspecified atom stereocenters. The highest BCUT2D eigenvalue weighted by atomic mass is 35.5. The van der Waals surface area contributed by atoms with Crippen molar-refractivity contribution in [3.05, 3.63) is 22.7 Å². The molecule has 1 aromatic rings. The van der Waals surface area contributed by atoms with Gasteiger partial charge in [0.05, 0.1) is 18.1 Å². The van der Waals surface area contributed by atoms with Gasteiger partial charge >= 0.3 is 5.97 Å². The van der Waals surface area contributed by atoms with Crippen LogP contribution in [0.15, 0.2) is 12.1 Å². The van der Waals surface area contributed by atoms with Crippen LogP contribution in [0.1, 0.15) is 5.56 Å². The normalized spacial score (nSPS) is 18.5. The Bertz CT molecular complexity index is 430. The summed E-state index contributed by atoms with van der Waals surface area (Å²) in [6.07, 6.45) is 0.418. The molecular weight excluding hydrogens is 232 g/mol. The van der Waals surface area contributed by atoms with E-state index < -0.39 is 11.9 Å². The molecule has 1 aromatic carbocycles. The van der Waals surface area contributed by atoms with Gasteiger partial charge in [0.2, 0.25) is 0 Å². The van der Waals surface area contributed by atoms with Gasteiger partial charge in [-0.1, -0.05) is 11.6 Å². The summed E-state index contributed by atoms with van der Waals surface area (Å²) in [6.45, 7) is 0.161. The number of aliphatic carboxylic acids is 1. The molecule has 5 heteroatoms. The minimum Gasteiger partial charge on any atom is -0.497 e. The van der Waals surface area contributed by atoms with Crippen molar-refractivity contribution in [1.29, 1.82) is 0 Å². The Morgan fingerprint density at radius 3 is 3.00 bits per heavy atom. The van der Waals surface area contributed by atoms with E-state index in [0.29, 0.717) is 22.9 Å². The van der Waals surface area contributed by atoms with E-state index in [0.717, 1.165) is 5.56 Å². The first kappa shape index (κ1) is 11.1. The molecule has 2 rings (SSSR count). The van der Waals surface area contributed by atoms with Crippen molar-refractivity contribution >= 4 is 17.6 Å². The van der Waals surface area contributed by atoms with Crippen molar-refractivity contribution in [3.63, 3.8) is 0 Å². The number of benzene rings is 1. The monoisotopic (exact) mass is 242 g/mol. The second-order valence-electron chi connectivity index (χ2n) is 3.65. The number of ether oxygens (including phenoxy) is 2. The van der Waals surface area contributed by atoms with Gasteiger partial charge in [0.25, 0.3) is 0 Å². The Morgan fingerprint density at radius 2 is 2.38 bits per heavy atom. The van der Waals surface area contributed by atoms with E-state index in [9.17, 15) is 4.79 Å². The van der Waals surface area contributed by atoms with Gasteiger partial charge < -0.3 is 14.6 Å². The van der Waals surface area contributed by atoms with Gasteiger partial charge in [0, 0.05) is 11.6 Å². The van der Waals surface area contributed by atoms with Gasteiger partial charge in [-0.3, -0.25) is 4.79 Å². The van der Waals surface area contributed by atoms with E-state index in [4.69, 9.17) is 26.2 Å². The average Bonchev–Trinajstić information content (AvgIpc) is 2.28. The number of rotatable bonds is 2. The van der Waals surface area contributed by atoms with Crippen LogP contribution >= 0.6 is 11.6 Å². The first-order valence-electron chi connectivity index (χ1n) is 4.84. The third-order valence-electron chi connectivity index (χ3n) is 2.57. The second-order valence-corrected chi connectivity index (χ2v) is 4.05. The summed E-state index contributed by atoms with van der Waals surface area (Å²) < 4.78 is 10.4. The SMILES string of the molecule is COc1cc(Cl)c2c(c1)C[C@H](C(=O)O)CO2. The highest BCUT2D eigenvalue weighted by Gasteiger charge is 2.27. The molecule has 0 aliphatic carbocycles. The highest BCUT2D eigenvalue weighted by molar-refractivity contribution is 6.32. The number of hydrogen-bond donors (Lipinski definition) is 1. The van der Waals surface area contributed by atoms with Crippen LogP contribution in [-0.4, -0.2) is 24.8 Å². The van der Waals surface area contributed by atoms with Crippen LogP contribution in [0.5, 0.6) is 11.5 Å². The zero-order valence-corrected chi connectivity index (χ0v) is 9.45. The number of halogens is 1. The van der Waals surface area contributed by atoms with Crippen molar-refractivity contribution in [3.8, 4) is 11.5 Å². The number of methoxy groups -OCH3 is 1. The molecule has 0 aromatic heterocycles. The average molecular weight is 243 g/mol. The molecule has 0 spiro atoms. The topological polar surface area (TPSA) is 55.8 Å². The van der Waals surface area contributed by atoms with Crippen molar-refractivity contribution in [2.24, 2.45) is 5.92 Å². The predicted molar refractivity (Wildman–Crippen MR) is 58.3 cm³/mol. The maximum Gasteiger partial charge on any atom is 0.310 e. The van der Waals surface area contributed by atoms with Gasteiger partial charge in [-0.25, -0.2) is 0 Å². The number of carbonyl (C=O) groups is 1. The van der Waals surface area contributed by atoms with Gasteiger partial charge in [-0.2, -0.15) is 0 Å². The number of carboxylic acids is 1. The maximum absolute atomic E-state index is 10.9. The largest absolute Gasteiger partial charge is 0.497 e. The zero-order chi connectivity index (χ0) is 11.7. The van der Waals surface area contributed by atoms with E-state index in [-0.39, 0.29) is 6.61 Å². The summed E-state index contributed by atoms with van der Waals surface area (Å²) in [4.78, 5) is 10.9. The predicted octanol–water partition coefficient (Wildman–Crippen LogP) is 1.98. The van der Waals surface area contributed by atoms with Crippen LogP contribution in [-0.2, 0) is 11.2 Å². The molecule has 1 N–H and O–H groups in total. The molecule has 1 heterocycles. The molecule has 4 nitrogen and oxygen atoms in total. The number of hydrogen-bond acceptors (Lipinski definition) is 3. The van der Waals surface area contributed by atoms with E-state index >= 15 is 0 Å². The van der Waals surface area contributed by atoms with Crippen LogP contribution in [0.2, 0.25) is 5.02 Å². The summed E-state index contributed by atoms with van der Waals surface area (Å²) in [5.74, 6) is -0.196. The van der Waals surface area contributed by atoms with Crippen LogP contribution in [0.25, 0.3) is 0 Å². The van der Waals surface area contributed by atoms with Crippen molar-refractivity contribution < 1.29 is 19.4 Å². The number of fused-ring (bicyclic) bond motifs is 1. The number of carboxylic acid groups (broad SMARTS) is 1. The minimum absolute atomic E-state index is 0.161. The zero-order valence-electron chi connectivity index (χ0n) is 8.70. The Balaban J connectivity index is 2.36. The molecule has 1 atom stereocenters. The van der Waals surface area contributed by atoms with Crippen LogP contribution in [0.3, 0.4) is 0 Å². The second kappa shape index (κ2) is 4.22. The third-order valence-corrected chi connectivity index (χ3v) is 2.85. The molecule has 1 aliphatic heterocycles. The molecular formula is C11H11ClO4. The van der Waals surface area contributed by atoms with Gasteiger partial charge in [-0.15, -0.1) is 0 Å². The van der Waals surface area contributed by atoms with Crippen molar-refractivity contribution in [2.45, 2.75) is 6.42 Å². The molecule has 86 valence electrons. The standard InChI is InChI=1S/C11H11ClO4/c1-15-8-3-6-2-7(11(13)14)5-16-10(6)9(12)4-8/h3-4,7H,2,5H2,1H3,(H,13,14)/t7-/m0/s1. The Morgan fingerprint density at radius 1 is 1.62 bits per heavy atom. The van der Waals surface area contributed by atoms with Gasteiger partial charge in [0.1, 0.15) is 18.1 Å². The fraction of sp³-hybridized carbons (Fsp3) is 0.364. The molecule has 0 saturated carbocycles. The van der Waals surface area contributed by atoms with E-state index in [2.05, 4.69) is 0 Å². The molecule has 0 saturated heterocycles. The molecule has 0 fully saturated rings. The summed E-state index contributed by atoms with van der Waals surface area (Å²) in [6, 6.07) is 3.41. The van der Waals surface area contributed by atoms with E-state index in [1.165, 1.54) is 7.11 Å². The lowest BCUT2D eigenvalue weighted by atomic mass is 9.97. The van der Waals surface area contributed by atoms with E-state index in [1.807, 2.05) is 0 Å². The summed E-state index contributed by atoms with van der Waals surface area (Å²) in [5, 5.41) is 9.37. The summed E-state index contributed by atoms with van der Waals surface area (Å²) in [7, 11) is 1.54. The quantitative estimate of drug-likeness (QED) is 0.862. The summed E-state index contributed by atoms with van der Waals surface area (Å²) >= 11 is 6.00. The lowest BCUT2D eigenvalue weighted by Gasteiger charge is -2.23. The fourth-order valence-electron chi connectivity index (χ4n) is 1.72. The Labute approximate surface area is 97.7 Å². The van der Waals surface area contributed by atoms with E-state index in [1.54, 1.807) is 12.1 Å². The molecule has 16 heavy (non-hydrogen) atoms. The molecule has 1 aliphatic rings. The van der Waals surface area contributed by atoms with Crippen LogP contribution in [0, 0.1) is 5.92 Å². The lowest BCUT2D eigenvalue weighted by Crippen LogP contribution is -2.28. The molecule has 0 bridgehead atoms. The van der Waals surface area contributed by atoms with Gasteiger partial charge in [-0.05, 0) is 12.5 Å². The Kier molecular flexibility index (Phi) is 2.92. The lowest BCUT2D eigenvalue weighted by molar-refractivity contribution is -0.143. The molecule has 0 radical (unpaired) electrons. The highest BCUT2D eigenvalue weighted by Crippen LogP contribution is 2.37. The van der Waals surface area contributed by atoms with Crippen LogP contribution < -0.4 is 9.47 Å². The first-order chi connectivity index (χ1) is 7.61. The first-order valence-corrected chi connectivity index (χ1v) is 5.21. The molecule has 0 amide bonds. The Hall–Kier alpha value is -1.42. The van der Waals surface area contributed by atoms with Gasteiger partial charge in [0.15, 0.2) is 0 Å². The fourth-order valence-corrected chi connectivity index (χ4v) is 2.00. The summed E-state index contributed by atoms with van der Waals surface area (Å²) in [5.41, 5.74) is 0.781. The van der Waals surface area contributed by atoms with Crippen molar-refractivity contribution in [1.82, 2.24) is 0 Å².